The van der Waals surface area contributed by atoms with Crippen molar-refractivity contribution in [2.45, 2.75) is 19.8 Å². The van der Waals surface area contributed by atoms with Gasteiger partial charge in [0.2, 0.25) is 0 Å². The van der Waals surface area contributed by atoms with E-state index in [-0.39, 0.29) is 17.2 Å². The lowest BCUT2D eigenvalue weighted by Crippen LogP contribution is -2.29. The minimum Gasteiger partial charge on any atom is -0.507 e. The number of nitrogens with one attached hydrogen (secondary N) is 1. The summed E-state index contributed by atoms with van der Waals surface area (Å²) in [6, 6.07) is 3.38. The zero-order valence-corrected chi connectivity index (χ0v) is 11.8. The van der Waals surface area contributed by atoms with Crippen LogP contribution in [0.2, 0.25) is 0 Å². The number of halogens is 2. The van der Waals surface area contributed by atoms with E-state index in [1.807, 2.05) is 0 Å². The van der Waals surface area contributed by atoms with Crippen LogP contribution in [0, 0.1) is 11.7 Å². The number of phenolic OH excluding ortho intramolecular Hbond substituents is 1. The molecule has 0 aromatic heterocycles. The number of amides is 1. The Morgan fingerprint density at radius 2 is 2.28 bits per heavy atom. The third-order valence-electron chi connectivity index (χ3n) is 2.85. The maximum Gasteiger partial charge on any atom is 0.255 e. The van der Waals surface area contributed by atoms with Gasteiger partial charge in [-0.25, -0.2) is 4.39 Å². The summed E-state index contributed by atoms with van der Waals surface area (Å²) < 4.78 is 12.8. The molecule has 0 aliphatic rings. The number of phenols is 1. The average Bonchev–Trinajstić information content (AvgIpc) is 2.34. The molecule has 0 fully saturated rings. The molecule has 0 aliphatic heterocycles. The Morgan fingerprint density at radius 3 is 2.83 bits per heavy atom. The molecule has 1 atom stereocenters. The fourth-order valence-corrected chi connectivity index (χ4v) is 2.28. The molecule has 5 heteroatoms. The highest BCUT2D eigenvalue weighted by Gasteiger charge is 2.13. The number of carbonyl (C=O) groups is 1. The average molecular weight is 318 g/mol. The summed E-state index contributed by atoms with van der Waals surface area (Å²) >= 11 is 3.37. The molecule has 1 amide bonds. The van der Waals surface area contributed by atoms with Crippen LogP contribution in [0.3, 0.4) is 0 Å². The number of hydrogen-bond acceptors (Lipinski definition) is 2. The standard InChI is InChI=1S/C13H17BrFNO2/c1-2-9(5-6-14)8-16-13(18)11-4-3-10(15)7-12(11)17/h3-4,7,9,17H,2,5-6,8H2,1H3,(H,16,18). The number of rotatable bonds is 6. The summed E-state index contributed by atoms with van der Waals surface area (Å²) in [5.41, 5.74) is 0.102. The zero-order chi connectivity index (χ0) is 13.5. The third kappa shape index (κ3) is 4.29. The van der Waals surface area contributed by atoms with Gasteiger partial charge in [-0.15, -0.1) is 0 Å². The molecule has 0 bridgehead atoms. The second kappa shape index (κ2) is 7.36. The molecular formula is C13H17BrFNO2. The highest BCUT2D eigenvalue weighted by molar-refractivity contribution is 9.09. The molecule has 18 heavy (non-hydrogen) atoms. The lowest BCUT2D eigenvalue weighted by atomic mass is 10.0. The molecule has 1 aromatic rings. The molecule has 100 valence electrons. The van der Waals surface area contributed by atoms with Crippen LogP contribution in [0.15, 0.2) is 18.2 Å². The maximum atomic E-state index is 12.8. The van der Waals surface area contributed by atoms with Gasteiger partial charge in [0.25, 0.3) is 5.91 Å². The van der Waals surface area contributed by atoms with Gasteiger partial charge in [0, 0.05) is 17.9 Å². The zero-order valence-electron chi connectivity index (χ0n) is 10.2. The Balaban J connectivity index is 2.59. The summed E-state index contributed by atoms with van der Waals surface area (Å²) in [6.45, 7) is 2.62. The van der Waals surface area contributed by atoms with Crippen LogP contribution < -0.4 is 5.32 Å². The van der Waals surface area contributed by atoms with Crippen molar-refractivity contribution >= 4 is 21.8 Å². The number of carbonyl (C=O) groups excluding carboxylic acids is 1. The van der Waals surface area contributed by atoms with Gasteiger partial charge in [-0.3, -0.25) is 4.79 Å². The summed E-state index contributed by atoms with van der Waals surface area (Å²) in [4.78, 5) is 11.8. The van der Waals surface area contributed by atoms with E-state index in [1.54, 1.807) is 0 Å². The smallest absolute Gasteiger partial charge is 0.255 e. The highest BCUT2D eigenvalue weighted by Crippen LogP contribution is 2.18. The molecule has 2 N–H and O–H groups in total. The fourth-order valence-electron chi connectivity index (χ4n) is 1.63. The molecular weight excluding hydrogens is 301 g/mol. The van der Waals surface area contributed by atoms with Crippen molar-refractivity contribution in [3.05, 3.63) is 29.6 Å². The van der Waals surface area contributed by atoms with Crippen molar-refractivity contribution in [2.75, 3.05) is 11.9 Å². The van der Waals surface area contributed by atoms with Gasteiger partial charge in [-0.1, -0.05) is 29.3 Å². The summed E-state index contributed by atoms with van der Waals surface area (Å²) in [7, 11) is 0. The predicted molar refractivity (Wildman–Crippen MR) is 72.6 cm³/mol. The Bertz CT molecular complexity index is 412. The number of aromatic hydroxyl groups is 1. The second-order valence-corrected chi connectivity index (χ2v) is 4.92. The van der Waals surface area contributed by atoms with Crippen LogP contribution in [0.4, 0.5) is 4.39 Å². The van der Waals surface area contributed by atoms with Crippen molar-refractivity contribution in [3.63, 3.8) is 0 Å². The quantitative estimate of drug-likeness (QED) is 0.792. The van der Waals surface area contributed by atoms with E-state index in [0.717, 1.165) is 30.3 Å². The van der Waals surface area contributed by atoms with Crippen LogP contribution in [-0.4, -0.2) is 22.9 Å². The molecule has 0 radical (unpaired) electrons. The molecule has 3 nitrogen and oxygen atoms in total. The molecule has 1 rings (SSSR count). The minimum atomic E-state index is -0.560. The molecule has 0 saturated carbocycles. The Labute approximate surface area is 115 Å². The van der Waals surface area contributed by atoms with E-state index in [9.17, 15) is 14.3 Å². The first kappa shape index (κ1) is 15.0. The first-order valence-electron chi connectivity index (χ1n) is 5.91. The summed E-state index contributed by atoms with van der Waals surface area (Å²) in [5.74, 6) is -0.868. The molecule has 0 spiro atoms. The van der Waals surface area contributed by atoms with Crippen LogP contribution >= 0.6 is 15.9 Å². The summed E-state index contributed by atoms with van der Waals surface area (Å²) in [6.07, 6.45) is 1.95. The maximum absolute atomic E-state index is 12.8. The minimum absolute atomic E-state index is 0.102. The normalized spacial score (nSPS) is 12.2. The SMILES string of the molecule is CCC(CCBr)CNC(=O)c1ccc(F)cc1O. The van der Waals surface area contributed by atoms with E-state index in [2.05, 4.69) is 28.2 Å². The number of hydrogen-bond donors (Lipinski definition) is 2. The van der Waals surface area contributed by atoms with Gasteiger partial charge in [-0.05, 0) is 24.5 Å². The molecule has 1 aromatic carbocycles. The lowest BCUT2D eigenvalue weighted by molar-refractivity contribution is 0.0944. The van der Waals surface area contributed by atoms with E-state index >= 15 is 0 Å². The highest BCUT2D eigenvalue weighted by atomic mass is 79.9. The van der Waals surface area contributed by atoms with E-state index in [1.165, 1.54) is 6.07 Å². The van der Waals surface area contributed by atoms with Crippen LogP contribution in [0.25, 0.3) is 0 Å². The Kier molecular flexibility index (Phi) is 6.12. The Hall–Kier alpha value is -1.10. The predicted octanol–water partition coefficient (Wildman–Crippen LogP) is 3.07. The lowest BCUT2D eigenvalue weighted by Gasteiger charge is -2.14. The molecule has 1 unspecified atom stereocenters. The van der Waals surface area contributed by atoms with Crippen LogP contribution in [-0.2, 0) is 0 Å². The third-order valence-corrected chi connectivity index (χ3v) is 3.31. The summed E-state index contributed by atoms with van der Waals surface area (Å²) in [5, 5.41) is 13.1. The van der Waals surface area contributed by atoms with Crippen molar-refractivity contribution in [2.24, 2.45) is 5.92 Å². The van der Waals surface area contributed by atoms with Crippen molar-refractivity contribution in [1.82, 2.24) is 5.32 Å². The van der Waals surface area contributed by atoms with Gasteiger partial charge in [0.15, 0.2) is 0 Å². The fraction of sp³-hybridized carbons (Fsp3) is 0.462. The molecule has 0 saturated heterocycles. The monoisotopic (exact) mass is 317 g/mol. The van der Waals surface area contributed by atoms with Crippen LogP contribution in [0.5, 0.6) is 5.75 Å². The van der Waals surface area contributed by atoms with Gasteiger partial charge in [-0.2, -0.15) is 0 Å². The Morgan fingerprint density at radius 1 is 1.56 bits per heavy atom. The van der Waals surface area contributed by atoms with Gasteiger partial charge >= 0.3 is 0 Å². The van der Waals surface area contributed by atoms with E-state index < -0.39 is 5.82 Å². The van der Waals surface area contributed by atoms with E-state index in [4.69, 9.17) is 0 Å². The van der Waals surface area contributed by atoms with Crippen LogP contribution in [0.1, 0.15) is 30.1 Å². The first-order chi connectivity index (χ1) is 8.58. The van der Waals surface area contributed by atoms with Gasteiger partial charge in [0.1, 0.15) is 11.6 Å². The topological polar surface area (TPSA) is 49.3 Å². The van der Waals surface area contributed by atoms with Crippen molar-refractivity contribution in [3.8, 4) is 5.75 Å². The van der Waals surface area contributed by atoms with Gasteiger partial charge in [0.05, 0.1) is 5.56 Å². The second-order valence-electron chi connectivity index (χ2n) is 4.12. The van der Waals surface area contributed by atoms with Crippen molar-refractivity contribution < 1.29 is 14.3 Å². The molecule has 0 heterocycles. The van der Waals surface area contributed by atoms with Crippen molar-refractivity contribution in [1.29, 1.82) is 0 Å². The van der Waals surface area contributed by atoms with Gasteiger partial charge < -0.3 is 10.4 Å². The largest absolute Gasteiger partial charge is 0.507 e. The van der Waals surface area contributed by atoms with E-state index in [0.29, 0.717) is 12.5 Å². The number of benzene rings is 1. The molecule has 0 aliphatic carbocycles. The first-order valence-corrected chi connectivity index (χ1v) is 7.03. The number of alkyl halides is 1.